The zero-order chi connectivity index (χ0) is 32.5. The van der Waals surface area contributed by atoms with Crippen molar-refractivity contribution in [3.8, 4) is 0 Å². The van der Waals surface area contributed by atoms with Crippen LogP contribution in [0.1, 0.15) is 73.6 Å². The lowest BCUT2D eigenvalue weighted by molar-refractivity contribution is -0.306. The molecular weight excluding hydrogens is 556 g/mol. The number of nitrogens with one attached hydrogen (secondary N) is 2. The van der Waals surface area contributed by atoms with Crippen molar-refractivity contribution in [3.63, 3.8) is 0 Å². The van der Waals surface area contributed by atoms with Crippen LogP contribution in [0.5, 0.6) is 0 Å². The van der Waals surface area contributed by atoms with Gasteiger partial charge in [0.05, 0.1) is 29.8 Å². The van der Waals surface area contributed by atoms with Crippen LogP contribution < -0.4 is 10.6 Å². The van der Waals surface area contributed by atoms with E-state index in [4.69, 9.17) is 14.2 Å². The zero-order valence-electron chi connectivity index (χ0n) is 27.8. The van der Waals surface area contributed by atoms with Crippen LogP contribution in [0.4, 0.5) is 0 Å². The Hall–Kier alpha value is -1.83. The van der Waals surface area contributed by atoms with Crippen LogP contribution in [-0.2, 0) is 28.6 Å². The molecule has 2 rings (SSSR count). The van der Waals surface area contributed by atoms with Gasteiger partial charge in [0.2, 0.25) is 17.7 Å². The molecule has 0 aromatic rings. The molecule has 0 aromatic carbocycles. The minimum absolute atomic E-state index is 0.0153. The molecule has 0 aromatic heterocycles. The molecular formula is C31H58N4O8. The number of likely N-dealkylation sites (N-methyl/N-ethyl adjacent to an activating group) is 1. The van der Waals surface area contributed by atoms with Crippen LogP contribution in [0, 0.1) is 17.8 Å². The standard InChI is InChI=1S/C31H58N4O8/c1-10-24(36)32-13-11-15-41-27-23(34(7)8)16-20(3)42-30(27)43-28-21(4)26(38)22(5)29(39)33-14-12-25(37)35(9)18-19(2)17-31(28,6)40/h19-23,26-28,30,38,40H,10-18H2,1-9H3,(H,32,36)(H,33,39)/t19-,20-,21+,22-,23+,26+,27-,28-,30+,31-/m1/s1. The molecule has 2 aliphatic rings. The molecule has 3 amide bonds. The smallest absolute Gasteiger partial charge is 0.225 e. The normalized spacial score (nSPS) is 37.1. The highest BCUT2D eigenvalue weighted by atomic mass is 16.7. The molecule has 0 aliphatic carbocycles. The van der Waals surface area contributed by atoms with E-state index in [0.717, 1.165) is 0 Å². The maximum Gasteiger partial charge on any atom is 0.225 e. The largest absolute Gasteiger partial charge is 0.392 e. The Balaban J connectivity index is 2.38. The van der Waals surface area contributed by atoms with E-state index < -0.39 is 42.0 Å². The van der Waals surface area contributed by atoms with E-state index in [1.165, 1.54) is 0 Å². The first kappa shape index (κ1) is 37.4. The quantitative estimate of drug-likeness (QED) is 0.280. The lowest BCUT2D eigenvalue weighted by Gasteiger charge is -2.48. The fourth-order valence-corrected chi connectivity index (χ4v) is 6.34. The van der Waals surface area contributed by atoms with Gasteiger partial charge in [0.25, 0.3) is 0 Å². The van der Waals surface area contributed by atoms with Gasteiger partial charge in [0.1, 0.15) is 6.10 Å². The molecule has 12 heteroatoms. The number of carbonyl (C=O) groups is 3. The molecule has 0 spiro atoms. The van der Waals surface area contributed by atoms with Gasteiger partial charge in [-0.05, 0) is 53.1 Å². The van der Waals surface area contributed by atoms with E-state index in [2.05, 4.69) is 15.5 Å². The highest BCUT2D eigenvalue weighted by molar-refractivity contribution is 5.80. The predicted octanol–water partition coefficient (Wildman–Crippen LogP) is 1.13. The maximum absolute atomic E-state index is 12.9. The summed E-state index contributed by atoms with van der Waals surface area (Å²) in [6.45, 7) is 12.3. The average molecular weight is 615 g/mol. The molecule has 0 bridgehead atoms. The van der Waals surface area contributed by atoms with E-state index >= 15 is 0 Å². The monoisotopic (exact) mass is 614 g/mol. The predicted molar refractivity (Wildman–Crippen MR) is 163 cm³/mol. The van der Waals surface area contributed by atoms with Crippen LogP contribution in [0.25, 0.3) is 0 Å². The van der Waals surface area contributed by atoms with Crippen LogP contribution in [0.15, 0.2) is 0 Å². The minimum atomic E-state index is -1.45. The zero-order valence-corrected chi connectivity index (χ0v) is 27.8. The van der Waals surface area contributed by atoms with Gasteiger partial charge >= 0.3 is 0 Å². The Labute approximate surface area is 258 Å². The highest BCUT2D eigenvalue weighted by Gasteiger charge is 2.48. The molecule has 0 radical (unpaired) electrons. The second-order valence-corrected chi connectivity index (χ2v) is 13.2. The second kappa shape index (κ2) is 17.0. The van der Waals surface area contributed by atoms with Crippen molar-refractivity contribution in [2.75, 3.05) is 47.4 Å². The lowest BCUT2D eigenvalue weighted by Crippen LogP contribution is -2.60. The number of aliphatic hydroxyl groups excluding tert-OH is 1. The number of aliphatic hydroxyl groups is 2. The van der Waals surface area contributed by atoms with Gasteiger partial charge in [-0.2, -0.15) is 0 Å². The number of hydrogen-bond donors (Lipinski definition) is 4. The second-order valence-electron chi connectivity index (χ2n) is 13.2. The third-order valence-corrected chi connectivity index (χ3v) is 8.77. The van der Waals surface area contributed by atoms with Crippen LogP contribution >= 0.6 is 0 Å². The molecule has 10 atom stereocenters. The summed E-state index contributed by atoms with van der Waals surface area (Å²) in [4.78, 5) is 40.9. The number of hydrogen-bond acceptors (Lipinski definition) is 9. The number of amides is 3. The Bertz CT molecular complexity index is 903. The molecule has 2 saturated heterocycles. The Kier molecular flexibility index (Phi) is 14.8. The van der Waals surface area contributed by atoms with Gasteiger partial charge in [-0.1, -0.05) is 27.7 Å². The van der Waals surface area contributed by atoms with Crippen molar-refractivity contribution in [1.82, 2.24) is 20.4 Å². The van der Waals surface area contributed by atoms with E-state index in [1.807, 2.05) is 27.9 Å². The molecule has 0 unspecified atom stereocenters. The first-order valence-corrected chi connectivity index (χ1v) is 15.9. The highest BCUT2D eigenvalue weighted by Crippen LogP contribution is 2.36. The molecule has 250 valence electrons. The van der Waals surface area contributed by atoms with Crippen molar-refractivity contribution in [2.24, 2.45) is 17.8 Å². The van der Waals surface area contributed by atoms with Crippen LogP contribution in [0.2, 0.25) is 0 Å². The van der Waals surface area contributed by atoms with E-state index in [-0.39, 0.29) is 55.2 Å². The molecule has 43 heavy (non-hydrogen) atoms. The summed E-state index contributed by atoms with van der Waals surface area (Å²) in [5.41, 5.74) is -1.45. The van der Waals surface area contributed by atoms with Gasteiger partial charge in [0.15, 0.2) is 6.29 Å². The molecule has 2 fully saturated rings. The fraction of sp³-hybridized carbons (Fsp3) is 0.903. The van der Waals surface area contributed by atoms with Crippen molar-refractivity contribution in [3.05, 3.63) is 0 Å². The fourth-order valence-electron chi connectivity index (χ4n) is 6.34. The third-order valence-electron chi connectivity index (χ3n) is 8.77. The SMILES string of the molecule is CCC(=O)NCCCO[C@H]1[C@H](O[C@@H]2[C@@H](C)[C@H](O)[C@@H](C)C(=O)NCCC(=O)N(C)C[C@H](C)C[C@@]2(C)O)O[C@H](C)C[C@@H]1N(C)C. The Morgan fingerprint density at radius 3 is 2.53 bits per heavy atom. The van der Waals surface area contributed by atoms with E-state index in [1.54, 1.807) is 39.6 Å². The first-order chi connectivity index (χ1) is 20.1. The molecule has 2 heterocycles. The molecule has 4 N–H and O–H groups in total. The van der Waals surface area contributed by atoms with Crippen molar-refractivity contribution >= 4 is 17.7 Å². The van der Waals surface area contributed by atoms with Crippen LogP contribution in [0.3, 0.4) is 0 Å². The topological polar surface area (TPSA) is 150 Å². The number of ether oxygens (including phenoxy) is 3. The van der Waals surface area contributed by atoms with Crippen LogP contribution in [-0.4, -0.2) is 127 Å². The van der Waals surface area contributed by atoms with Crippen molar-refractivity contribution in [1.29, 1.82) is 0 Å². The van der Waals surface area contributed by atoms with Gasteiger partial charge in [-0.3, -0.25) is 14.4 Å². The van der Waals surface area contributed by atoms with E-state index in [9.17, 15) is 24.6 Å². The summed E-state index contributed by atoms with van der Waals surface area (Å²) in [7, 11) is 5.67. The van der Waals surface area contributed by atoms with Gasteiger partial charge in [0, 0.05) is 58.1 Å². The molecule has 2 aliphatic heterocycles. The summed E-state index contributed by atoms with van der Waals surface area (Å²) >= 11 is 0. The summed E-state index contributed by atoms with van der Waals surface area (Å²) in [5, 5.41) is 29.0. The van der Waals surface area contributed by atoms with Crippen molar-refractivity contribution < 1.29 is 38.8 Å². The van der Waals surface area contributed by atoms with Gasteiger partial charge in [-0.25, -0.2) is 0 Å². The summed E-state index contributed by atoms with van der Waals surface area (Å²) in [6, 6.07) is -0.0500. The molecule has 0 saturated carbocycles. The number of rotatable bonds is 9. The first-order valence-electron chi connectivity index (χ1n) is 15.9. The summed E-state index contributed by atoms with van der Waals surface area (Å²) in [5.74, 6) is -2.04. The maximum atomic E-state index is 12.9. The Morgan fingerprint density at radius 2 is 1.91 bits per heavy atom. The minimum Gasteiger partial charge on any atom is -0.392 e. The number of nitrogens with zero attached hydrogens (tertiary/aromatic N) is 2. The van der Waals surface area contributed by atoms with Gasteiger partial charge < -0.3 is 44.9 Å². The summed E-state index contributed by atoms with van der Waals surface area (Å²) < 4.78 is 19.4. The lowest BCUT2D eigenvalue weighted by atomic mass is 9.77. The summed E-state index contributed by atoms with van der Waals surface area (Å²) in [6.07, 6.45) is -1.43. The van der Waals surface area contributed by atoms with Gasteiger partial charge in [-0.15, -0.1) is 0 Å². The third kappa shape index (κ3) is 10.9. The number of carbonyl (C=O) groups excluding carboxylic acids is 3. The Morgan fingerprint density at radius 1 is 1.23 bits per heavy atom. The molecule has 12 nitrogen and oxygen atoms in total. The van der Waals surface area contributed by atoms with E-state index in [0.29, 0.717) is 39.0 Å². The average Bonchev–Trinajstić information content (AvgIpc) is 2.93. The van der Waals surface area contributed by atoms with Crippen molar-refractivity contribution in [2.45, 2.75) is 116 Å².